The summed E-state index contributed by atoms with van der Waals surface area (Å²) in [6, 6.07) is -0.457. The van der Waals surface area contributed by atoms with Crippen molar-refractivity contribution in [3.8, 4) is 0 Å². The van der Waals surface area contributed by atoms with Crippen molar-refractivity contribution in [1.29, 1.82) is 0 Å². The summed E-state index contributed by atoms with van der Waals surface area (Å²) in [6.45, 7) is 1.94. The Kier molecular flexibility index (Phi) is 4.89. The molecule has 1 aromatic rings. The maximum absolute atomic E-state index is 13.3. The zero-order valence-electron chi connectivity index (χ0n) is 9.67. The average molecular weight is 268 g/mol. The maximum atomic E-state index is 13.3. The van der Waals surface area contributed by atoms with Gasteiger partial charge in [0.25, 0.3) is 0 Å². The smallest absolute Gasteiger partial charge is 0.200 e. The zero-order valence-corrected chi connectivity index (χ0v) is 9.67. The Balaban J connectivity index is 3.02. The SMILES string of the molecule is CC(CCCN)Nc1c(F)c(F)c(F)c(F)c1F. The van der Waals surface area contributed by atoms with Gasteiger partial charge >= 0.3 is 0 Å². The molecule has 1 aromatic carbocycles. The molecule has 0 aromatic heterocycles. The van der Waals surface area contributed by atoms with Crippen molar-refractivity contribution >= 4 is 5.69 Å². The van der Waals surface area contributed by atoms with Gasteiger partial charge in [0.1, 0.15) is 5.69 Å². The Hall–Kier alpha value is -1.37. The summed E-state index contributed by atoms with van der Waals surface area (Å²) in [5.74, 6) is -9.79. The molecule has 0 saturated heterocycles. The van der Waals surface area contributed by atoms with Crippen molar-refractivity contribution in [1.82, 2.24) is 0 Å². The minimum absolute atomic E-state index is 0.378. The number of nitrogens with one attached hydrogen (secondary N) is 1. The highest BCUT2D eigenvalue weighted by atomic mass is 19.2. The second kappa shape index (κ2) is 5.99. The van der Waals surface area contributed by atoms with Gasteiger partial charge in [-0.05, 0) is 26.3 Å². The Morgan fingerprint density at radius 2 is 1.39 bits per heavy atom. The van der Waals surface area contributed by atoms with Crippen LogP contribution in [0.4, 0.5) is 27.6 Å². The van der Waals surface area contributed by atoms with Crippen molar-refractivity contribution in [2.24, 2.45) is 5.73 Å². The van der Waals surface area contributed by atoms with E-state index < -0.39 is 40.8 Å². The van der Waals surface area contributed by atoms with Gasteiger partial charge in [0.15, 0.2) is 23.3 Å². The topological polar surface area (TPSA) is 38.0 Å². The van der Waals surface area contributed by atoms with Gasteiger partial charge in [-0.2, -0.15) is 0 Å². The summed E-state index contributed by atoms with van der Waals surface area (Å²) in [6.07, 6.45) is 1.03. The van der Waals surface area contributed by atoms with Gasteiger partial charge in [0, 0.05) is 6.04 Å². The summed E-state index contributed by atoms with van der Waals surface area (Å²) in [4.78, 5) is 0. The van der Waals surface area contributed by atoms with Gasteiger partial charge < -0.3 is 11.1 Å². The molecule has 2 nitrogen and oxygen atoms in total. The minimum atomic E-state index is -2.16. The van der Waals surface area contributed by atoms with E-state index >= 15 is 0 Å². The van der Waals surface area contributed by atoms with Crippen molar-refractivity contribution in [3.63, 3.8) is 0 Å². The molecule has 1 atom stereocenters. The van der Waals surface area contributed by atoms with Crippen LogP contribution in [0.3, 0.4) is 0 Å². The third kappa shape index (κ3) is 2.90. The van der Waals surface area contributed by atoms with Gasteiger partial charge in [-0.15, -0.1) is 0 Å². The Labute approximate surface area is 101 Å². The monoisotopic (exact) mass is 268 g/mol. The number of nitrogens with two attached hydrogens (primary N) is 1. The highest BCUT2D eigenvalue weighted by Gasteiger charge is 2.26. The molecule has 0 spiro atoms. The van der Waals surface area contributed by atoms with Crippen LogP contribution >= 0.6 is 0 Å². The van der Waals surface area contributed by atoms with Crippen LogP contribution < -0.4 is 11.1 Å². The molecule has 0 amide bonds. The summed E-state index contributed by atoms with van der Waals surface area (Å²) in [5.41, 5.74) is 4.25. The van der Waals surface area contributed by atoms with Gasteiger partial charge in [-0.3, -0.25) is 0 Å². The quantitative estimate of drug-likeness (QED) is 0.489. The first-order valence-electron chi connectivity index (χ1n) is 5.38. The van der Waals surface area contributed by atoms with Gasteiger partial charge in [0.2, 0.25) is 5.82 Å². The lowest BCUT2D eigenvalue weighted by atomic mass is 10.1. The normalized spacial score (nSPS) is 12.6. The molecular formula is C11H13F5N2. The van der Waals surface area contributed by atoms with Crippen LogP contribution in [0.1, 0.15) is 19.8 Å². The third-order valence-electron chi connectivity index (χ3n) is 2.44. The maximum Gasteiger partial charge on any atom is 0.200 e. The Bertz CT molecular complexity index is 407. The van der Waals surface area contributed by atoms with Gasteiger partial charge in [-0.1, -0.05) is 0 Å². The predicted octanol–water partition coefficient (Wildman–Crippen LogP) is 2.92. The summed E-state index contributed by atoms with van der Waals surface area (Å²) < 4.78 is 65.1. The van der Waals surface area contributed by atoms with Crippen LogP contribution in [-0.2, 0) is 0 Å². The van der Waals surface area contributed by atoms with E-state index in [1.54, 1.807) is 6.92 Å². The van der Waals surface area contributed by atoms with Gasteiger partial charge in [-0.25, -0.2) is 22.0 Å². The van der Waals surface area contributed by atoms with Crippen molar-refractivity contribution < 1.29 is 22.0 Å². The molecule has 0 aliphatic carbocycles. The average Bonchev–Trinajstić information content (AvgIpc) is 2.36. The Morgan fingerprint density at radius 3 is 1.83 bits per heavy atom. The highest BCUT2D eigenvalue weighted by molar-refractivity contribution is 5.48. The highest BCUT2D eigenvalue weighted by Crippen LogP contribution is 2.27. The standard InChI is InChI=1S/C11H13F5N2/c1-5(3-2-4-17)18-11-9(15)7(13)6(12)8(14)10(11)16/h5,18H,2-4,17H2,1H3. The number of hydrogen-bond acceptors (Lipinski definition) is 2. The molecule has 7 heteroatoms. The second-order valence-electron chi connectivity index (χ2n) is 3.92. The van der Waals surface area contributed by atoms with Crippen molar-refractivity contribution in [2.45, 2.75) is 25.8 Å². The molecule has 0 fully saturated rings. The van der Waals surface area contributed by atoms with Crippen LogP contribution in [0.5, 0.6) is 0 Å². The molecule has 0 saturated carbocycles. The van der Waals surface area contributed by atoms with E-state index in [4.69, 9.17) is 5.73 Å². The zero-order chi connectivity index (χ0) is 13.9. The Morgan fingerprint density at radius 1 is 0.944 bits per heavy atom. The predicted molar refractivity (Wildman–Crippen MR) is 57.6 cm³/mol. The van der Waals surface area contributed by atoms with Crippen LogP contribution in [0.15, 0.2) is 0 Å². The minimum Gasteiger partial charge on any atom is -0.378 e. The lowest BCUT2D eigenvalue weighted by Crippen LogP contribution is -2.20. The van der Waals surface area contributed by atoms with E-state index in [0.717, 1.165) is 0 Å². The fourth-order valence-corrected chi connectivity index (χ4v) is 1.47. The molecule has 0 bridgehead atoms. The summed E-state index contributed by atoms with van der Waals surface area (Å²) in [5, 5.41) is 2.27. The number of anilines is 1. The molecule has 0 heterocycles. The van der Waals surface area contributed by atoms with Crippen LogP contribution in [-0.4, -0.2) is 12.6 Å². The molecule has 3 N–H and O–H groups in total. The molecule has 18 heavy (non-hydrogen) atoms. The molecule has 0 radical (unpaired) electrons. The number of rotatable bonds is 5. The molecule has 0 aliphatic rings. The number of hydrogen-bond donors (Lipinski definition) is 2. The van der Waals surface area contributed by atoms with Gasteiger partial charge in [0.05, 0.1) is 0 Å². The largest absolute Gasteiger partial charge is 0.378 e. The fourth-order valence-electron chi connectivity index (χ4n) is 1.47. The van der Waals surface area contributed by atoms with Crippen LogP contribution in [0.25, 0.3) is 0 Å². The fraction of sp³-hybridized carbons (Fsp3) is 0.455. The first kappa shape index (κ1) is 14.7. The van der Waals surface area contributed by atoms with E-state index in [1.807, 2.05) is 0 Å². The number of halogens is 5. The van der Waals surface area contributed by atoms with E-state index in [1.165, 1.54) is 0 Å². The van der Waals surface area contributed by atoms with E-state index in [-0.39, 0.29) is 0 Å². The summed E-state index contributed by atoms with van der Waals surface area (Å²) in [7, 11) is 0. The molecule has 0 aliphatic heterocycles. The third-order valence-corrected chi connectivity index (χ3v) is 2.44. The van der Waals surface area contributed by atoms with E-state index in [0.29, 0.717) is 19.4 Å². The van der Waals surface area contributed by atoms with Crippen LogP contribution in [0, 0.1) is 29.1 Å². The lowest BCUT2D eigenvalue weighted by Gasteiger charge is -2.16. The molecule has 102 valence electrons. The van der Waals surface area contributed by atoms with Crippen molar-refractivity contribution in [3.05, 3.63) is 29.1 Å². The first-order chi connectivity index (χ1) is 8.40. The molecule has 1 rings (SSSR count). The number of benzene rings is 1. The summed E-state index contributed by atoms with van der Waals surface area (Å²) >= 11 is 0. The lowest BCUT2D eigenvalue weighted by molar-refractivity contribution is 0.380. The van der Waals surface area contributed by atoms with E-state index in [2.05, 4.69) is 5.32 Å². The first-order valence-corrected chi connectivity index (χ1v) is 5.38. The van der Waals surface area contributed by atoms with E-state index in [9.17, 15) is 22.0 Å². The molecule has 1 unspecified atom stereocenters. The van der Waals surface area contributed by atoms with Crippen molar-refractivity contribution in [2.75, 3.05) is 11.9 Å². The second-order valence-corrected chi connectivity index (χ2v) is 3.92. The molecular weight excluding hydrogens is 255 g/mol. The van der Waals surface area contributed by atoms with Crippen LogP contribution in [0.2, 0.25) is 0 Å².